The highest BCUT2D eigenvalue weighted by atomic mass is 16.5. The zero-order valence-electron chi connectivity index (χ0n) is 15.8. The van der Waals surface area contributed by atoms with E-state index < -0.39 is 0 Å². The van der Waals surface area contributed by atoms with Gasteiger partial charge in [0.2, 0.25) is 5.89 Å². The van der Waals surface area contributed by atoms with E-state index in [0.29, 0.717) is 23.1 Å². The van der Waals surface area contributed by atoms with Crippen molar-refractivity contribution >= 4 is 5.91 Å². The Hall–Kier alpha value is -2.18. The van der Waals surface area contributed by atoms with Crippen LogP contribution in [-0.2, 0) is 5.54 Å². The first-order chi connectivity index (χ1) is 11.7. The first-order valence-electron chi connectivity index (χ1n) is 8.88. The number of carbonyl (C=O) groups excluding carboxylic acids is 1. The molecule has 1 aliphatic carbocycles. The summed E-state index contributed by atoms with van der Waals surface area (Å²) in [5.41, 5.74) is 1.11. The number of nitrogens with zero attached hydrogens (tertiary/aromatic N) is 4. The molecule has 2 heterocycles. The molecule has 2 aromatic heterocycles. The first-order valence-corrected chi connectivity index (χ1v) is 8.88. The van der Waals surface area contributed by atoms with Gasteiger partial charge >= 0.3 is 0 Å². The smallest absolute Gasteiger partial charge is 0.255 e. The predicted octanol–water partition coefficient (Wildman–Crippen LogP) is 3.33. The number of hydrogen-bond acceptors (Lipinski definition) is 5. The molecule has 1 fully saturated rings. The highest BCUT2D eigenvalue weighted by Gasteiger charge is 2.32. The van der Waals surface area contributed by atoms with Crippen molar-refractivity contribution in [3.8, 4) is 0 Å². The number of rotatable bonds is 5. The SMILES string of the molecule is Cc1nn(C(C)(C)C)cc1C(=O)NC(c1nc(C2CC2)no1)C(C)C. The number of carbonyl (C=O) groups is 1. The van der Waals surface area contributed by atoms with E-state index in [9.17, 15) is 4.79 Å². The van der Waals surface area contributed by atoms with Gasteiger partial charge in [-0.25, -0.2) is 0 Å². The molecular weight excluding hydrogens is 318 g/mol. The van der Waals surface area contributed by atoms with Gasteiger partial charge in [0.05, 0.1) is 16.8 Å². The van der Waals surface area contributed by atoms with Gasteiger partial charge in [0.1, 0.15) is 6.04 Å². The number of amides is 1. The number of hydrogen-bond donors (Lipinski definition) is 1. The third-order valence-electron chi connectivity index (χ3n) is 4.45. The van der Waals surface area contributed by atoms with E-state index in [1.54, 1.807) is 6.20 Å². The summed E-state index contributed by atoms with van der Waals surface area (Å²) >= 11 is 0. The van der Waals surface area contributed by atoms with Gasteiger partial charge in [-0.2, -0.15) is 10.1 Å². The minimum Gasteiger partial charge on any atom is -0.340 e. The standard InChI is InChI=1S/C18H27N5O2/c1-10(2)14(17-20-15(22-25-17)12-7-8-12)19-16(24)13-9-23(18(4,5)6)21-11(13)3/h9-10,12,14H,7-8H2,1-6H3,(H,19,24). The summed E-state index contributed by atoms with van der Waals surface area (Å²) in [5, 5.41) is 11.6. The Bertz CT molecular complexity index is 765. The Morgan fingerprint density at radius 3 is 2.56 bits per heavy atom. The molecule has 1 N–H and O–H groups in total. The Labute approximate surface area is 148 Å². The van der Waals surface area contributed by atoms with Crippen LogP contribution in [0.3, 0.4) is 0 Å². The molecule has 2 aromatic rings. The monoisotopic (exact) mass is 345 g/mol. The van der Waals surface area contributed by atoms with Crippen molar-refractivity contribution in [2.75, 3.05) is 0 Å². The highest BCUT2D eigenvalue weighted by molar-refractivity contribution is 5.95. The maximum Gasteiger partial charge on any atom is 0.255 e. The van der Waals surface area contributed by atoms with Gasteiger partial charge in [0.15, 0.2) is 5.82 Å². The third kappa shape index (κ3) is 3.75. The Morgan fingerprint density at radius 2 is 2.04 bits per heavy atom. The van der Waals surface area contributed by atoms with Crippen molar-refractivity contribution in [2.45, 2.75) is 71.9 Å². The fourth-order valence-electron chi connectivity index (χ4n) is 2.64. The van der Waals surface area contributed by atoms with Crippen LogP contribution in [0.2, 0.25) is 0 Å². The normalized spacial score (nSPS) is 16.3. The lowest BCUT2D eigenvalue weighted by molar-refractivity contribution is 0.0913. The summed E-state index contributed by atoms with van der Waals surface area (Å²) in [6, 6.07) is -0.315. The molecule has 7 heteroatoms. The summed E-state index contributed by atoms with van der Waals surface area (Å²) in [5.74, 6) is 1.62. The molecule has 1 atom stereocenters. The Balaban J connectivity index is 1.80. The molecule has 136 valence electrons. The Kier molecular flexibility index (Phi) is 4.43. The molecular formula is C18H27N5O2. The molecule has 1 amide bonds. The second-order valence-electron chi connectivity index (χ2n) is 8.20. The molecule has 7 nitrogen and oxygen atoms in total. The van der Waals surface area contributed by atoms with Crippen molar-refractivity contribution in [3.05, 3.63) is 29.2 Å². The van der Waals surface area contributed by atoms with E-state index >= 15 is 0 Å². The van der Waals surface area contributed by atoms with Crippen LogP contribution in [-0.4, -0.2) is 25.8 Å². The van der Waals surface area contributed by atoms with Crippen LogP contribution in [0.25, 0.3) is 0 Å². The minimum absolute atomic E-state index is 0.134. The molecule has 0 aliphatic heterocycles. The summed E-state index contributed by atoms with van der Waals surface area (Å²) in [4.78, 5) is 17.3. The Morgan fingerprint density at radius 1 is 1.36 bits per heavy atom. The number of aromatic nitrogens is 4. The van der Waals surface area contributed by atoms with Crippen molar-refractivity contribution in [2.24, 2.45) is 5.92 Å². The summed E-state index contributed by atoms with van der Waals surface area (Å²) in [6.07, 6.45) is 4.03. The fraction of sp³-hybridized carbons (Fsp3) is 0.667. The summed E-state index contributed by atoms with van der Waals surface area (Å²) in [6.45, 7) is 12.1. The van der Waals surface area contributed by atoms with Crippen LogP contribution in [0.15, 0.2) is 10.7 Å². The van der Waals surface area contributed by atoms with Gasteiger partial charge in [0, 0.05) is 12.1 Å². The molecule has 0 radical (unpaired) electrons. The van der Waals surface area contributed by atoms with Crippen LogP contribution in [0.4, 0.5) is 0 Å². The number of nitrogens with one attached hydrogen (secondary N) is 1. The largest absolute Gasteiger partial charge is 0.340 e. The van der Waals surface area contributed by atoms with Crippen LogP contribution in [0.1, 0.15) is 87.2 Å². The zero-order valence-corrected chi connectivity index (χ0v) is 15.8. The predicted molar refractivity (Wildman–Crippen MR) is 93.3 cm³/mol. The summed E-state index contributed by atoms with van der Waals surface area (Å²) in [7, 11) is 0. The second kappa shape index (κ2) is 6.28. The molecule has 0 spiro atoms. The lowest BCUT2D eigenvalue weighted by Crippen LogP contribution is -2.32. The average molecular weight is 345 g/mol. The fourth-order valence-corrected chi connectivity index (χ4v) is 2.64. The van der Waals surface area contributed by atoms with Crippen molar-refractivity contribution < 1.29 is 9.32 Å². The second-order valence-corrected chi connectivity index (χ2v) is 8.20. The molecule has 25 heavy (non-hydrogen) atoms. The molecule has 0 bridgehead atoms. The van der Waals surface area contributed by atoms with E-state index in [1.807, 2.05) is 25.5 Å². The topological polar surface area (TPSA) is 85.8 Å². The van der Waals surface area contributed by atoms with E-state index in [4.69, 9.17) is 4.52 Å². The number of aryl methyl sites for hydroxylation is 1. The third-order valence-corrected chi connectivity index (χ3v) is 4.45. The van der Waals surface area contributed by atoms with Crippen molar-refractivity contribution in [3.63, 3.8) is 0 Å². The van der Waals surface area contributed by atoms with Crippen molar-refractivity contribution in [1.29, 1.82) is 0 Å². The van der Waals surface area contributed by atoms with Crippen LogP contribution < -0.4 is 5.32 Å². The molecule has 3 rings (SSSR count). The van der Waals surface area contributed by atoms with Gasteiger partial charge in [-0.1, -0.05) is 19.0 Å². The van der Waals surface area contributed by atoms with E-state index in [1.165, 1.54) is 0 Å². The lowest BCUT2D eigenvalue weighted by atomic mass is 10.0. The van der Waals surface area contributed by atoms with Gasteiger partial charge < -0.3 is 9.84 Å². The molecule has 1 aliphatic rings. The average Bonchev–Trinajstić information content (AvgIpc) is 3.10. The maximum absolute atomic E-state index is 12.8. The lowest BCUT2D eigenvalue weighted by Gasteiger charge is -2.19. The quantitative estimate of drug-likeness (QED) is 0.898. The van der Waals surface area contributed by atoms with E-state index in [-0.39, 0.29) is 23.4 Å². The van der Waals surface area contributed by atoms with Crippen LogP contribution in [0.5, 0.6) is 0 Å². The first kappa shape index (κ1) is 17.6. The van der Waals surface area contributed by atoms with Crippen LogP contribution in [0, 0.1) is 12.8 Å². The van der Waals surface area contributed by atoms with Gasteiger partial charge in [-0.3, -0.25) is 9.48 Å². The van der Waals surface area contributed by atoms with E-state index in [0.717, 1.165) is 18.7 Å². The molecule has 1 saturated carbocycles. The molecule has 0 aromatic carbocycles. The van der Waals surface area contributed by atoms with Gasteiger partial charge in [-0.05, 0) is 46.5 Å². The summed E-state index contributed by atoms with van der Waals surface area (Å²) < 4.78 is 7.24. The molecule has 1 unspecified atom stereocenters. The van der Waals surface area contributed by atoms with E-state index in [2.05, 4.69) is 41.3 Å². The van der Waals surface area contributed by atoms with Gasteiger partial charge in [-0.15, -0.1) is 0 Å². The maximum atomic E-state index is 12.8. The minimum atomic E-state index is -0.315. The van der Waals surface area contributed by atoms with Crippen molar-refractivity contribution in [1.82, 2.24) is 25.2 Å². The van der Waals surface area contributed by atoms with Gasteiger partial charge in [0.25, 0.3) is 5.91 Å². The zero-order chi connectivity index (χ0) is 18.4. The highest BCUT2D eigenvalue weighted by Crippen LogP contribution is 2.38. The van der Waals surface area contributed by atoms with Crippen LogP contribution >= 0.6 is 0 Å². The molecule has 0 saturated heterocycles.